The molecule has 1 aromatic heterocycles. The van der Waals surface area contributed by atoms with Gasteiger partial charge in [-0.1, -0.05) is 53.7 Å². The largest absolute Gasteiger partial charge is 0.486 e. The number of rotatable bonds is 8. The van der Waals surface area contributed by atoms with Crippen LogP contribution in [0.5, 0.6) is 5.75 Å². The molecule has 4 nitrogen and oxygen atoms in total. The van der Waals surface area contributed by atoms with E-state index in [1.807, 2.05) is 47.0 Å². The highest BCUT2D eigenvalue weighted by atomic mass is 35.5. The average molecular weight is 400 g/mol. The van der Waals surface area contributed by atoms with Crippen LogP contribution >= 0.6 is 23.4 Å². The number of thioether (sulfide) groups is 1. The van der Waals surface area contributed by atoms with E-state index in [2.05, 4.69) is 36.7 Å². The van der Waals surface area contributed by atoms with Crippen molar-refractivity contribution >= 4 is 23.4 Å². The van der Waals surface area contributed by atoms with E-state index in [1.54, 1.807) is 11.8 Å². The number of nitrogens with zero attached hydrogens (tertiary/aromatic N) is 3. The lowest BCUT2D eigenvalue weighted by atomic mass is 10.1. The van der Waals surface area contributed by atoms with Gasteiger partial charge in [0.1, 0.15) is 12.4 Å². The number of hydrogen-bond donors (Lipinski definition) is 0. The van der Waals surface area contributed by atoms with Crippen LogP contribution in [0.25, 0.3) is 0 Å². The Bertz CT molecular complexity index is 939. The van der Waals surface area contributed by atoms with Crippen molar-refractivity contribution in [2.75, 3.05) is 0 Å². The van der Waals surface area contributed by atoms with E-state index < -0.39 is 0 Å². The van der Waals surface area contributed by atoms with Gasteiger partial charge in [0.25, 0.3) is 0 Å². The summed E-state index contributed by atoms with van der Waals surface area (Å²) >= 11 is 7.85. The normalized spacial score (nSPS) is 10.8. The van der Waals surface area contributed by atoms with E-state index in [0.29, 0.717) is 13.2 Å². The van der Waals surface area contributed by atoms with Crippen molar-refractivity contribution in [1.82, 2.24) is 14.8 Å². The van der Waals surface area contributed by atoms with Gasteiger partial charge in [0.05, 0.1) is 0 Å². The number of benzene rings is 2. The Morgan fingerprint density at radius 1 is 1.15 bits per heavy atom. The van der Waals surface area contributed by atoms with Crippen molar-refractivity contribution < 1.29 is 4.74 Å². The number of allylic oxidation sites excluding steroid dienone is 1. The Kier molecular flexibility index (Phi) is 6.58. The summed E-state index contributed by atoms with van der Waals surface area (Å²) in [4.78, 5) is 0. The molecule has 0 aliphatic carbocycles. The fourth-order valence-corrected chi connectivity index (χ4v) is 3.81. The Morgan fingerprint density at radius 2 is 1.96 bits per heavy atom. The second kappa shape index (κ2) is 9.11. The number of ether oxygens (including phenoxy) is 1. The van der Waals surface area contributed by atoms with Crippen molar-refractivity contribution in [2.24, 2.45) is 0 Å². The Balaban J connectivity index is 1.71. The van der Waals surface area contributed by atoms with E-state index in [-0.39, 0.29) is 0 Å². The van der Waals surface area contributed by atoms with Crippen LogP contribution in [0.4, 0.5) is 0 Å². The molecule has 0 unspecified atom stereocenters. The van der Waals surface area contributed by atoms with E-state index in [0.717, 1.165) is 33.1 Å². The molecular formula is C21H22ClN3OS. The molecule has 3 aromatic rings. The standard InChI is InChI=1S/C21H22ClN3OS/c1-4-11-25-20(13-26-18-10-9-15(2)16(3)12-18)23-24-21(25)27-14-17-7-5-6-8-19(17)22/h4-10,12H,1,11,13-14H2,2-3H3. The van der Waals surface area contributed by atoms with Gasteiger partial charge in [0, 0.05) is 17.3 Å². The van der Waals surface area contributed by atoms with Crippen LogP contribution in [-0.2, 0) is 18.9 Å². The van der Waals surface area contributed by atoms with Crippen LogP contribution in [0.1, 0.15) is 22.5 Å². The molecule has 0 aliphatic rings. The molecule has 140 valence electrons. The molecule has 0 spiro atoms. The summed E-state index contributed by atoms with van der Waals surface area (Å²) in [5.74, 6) is 2.33. The fraction of sp³-hybridized carbons (Fsp3) is 0.238. The smallest absolute Gasteiger partial charge is 0.191 e. The molecule has 2 aromatic carbocycles. The Hall–Kier alpha value is -2.24. The van der Waals surface area contributed by atoms with Gasteiger partial charge in [-0.15, -0.1) is 16.8 Å². The molecule has 0 bridgehead atoms. The summed E-state index contributed by atoms with van der Waals surface area (Å²) in [6.07, 6.45) is 1.84. The number of halogens is 1. The first-order valence-corrected chi connectivity index (χ1v) is 10.0. The van der Waals surface area contributed by atoms with Crippen molar-refractivity contribution in [3.8, 4) is 5.75 Å². The molecule has 0 fully saturated rings. The topological polar surface area (TPSA) is 39.9 Å². The fourth-order valence-electron chi connectivity index (χ4n) is 2.55. The molecule has 0 radical (unpaired) electrons. The minimum atomic E-state index is 0.357. The van der Waals surface area contributed by atoms with Crippen LogP contribution in [-0.4, -0.2) is 14.8 Å². The molecule has 0 saturated heterocycles. The number of hydrogen-bond acceptors (Lipinski definition) is 4. The molecule has 27 heavy (non-hydrogen) atoms. The summed E-state index contributed by atoms with van der Waals surface area (Å²) in [6, 6.07) is 13.9. The minimum absolute atomic E-state index is 0.357. The van der Waals surface area contributed by atoms with E-state index in [9.17, 15) is 0 Å². The van der Waals surface area contributed by atoms with Gasteiger partial charge in [-0.05, 0) is 48.7 Å². The van der Waals surface area contributed by atoms with Gasteiger partial charge < -0.3 is 4.74 Å². The van der Waals surface area contributed by atoms with Gasteiger partial charge in [0.2, 0.25) is 0 Å². The predicted octanol–water partition coefficient (Wildman–Crippen LogP) is 5.61. The molecule has 6 heteroatoms. The molecule has 0 N–H and O–H groups in total. The van der Waals surface area contributed by atoms with Gasteiger partial charge in [-0.3, -0.25) is 4.57 Å². The van der Waals surface area contributed by atoms with Crippen LogP contribution in [0.15, 0.2) is 60.3 Å². The van der Waals surface area contributed by atoms with Gasteiger partial charge in [-0.2, -0.15) is 0 Å². The van der Waals surface area contributed by atoms with Crippen molar-refractivity contribution in [3.63, 3.8) is 0 Å². The maximum absolute atomic E-state index is 6.25. The molecule has 1 heterocycles. The lowest BCUT2D eigenvalue weighted by Crippen LogP contribution is -2.07. The van der Waals surface area contributed by atoms with Crippen molar-refractivity contribution in [3.05, 3.63) is 82.7 Å². The van der Waals surface area contributed by atoms with Crippen LogP contribution in [0, 0.1) is 13.8 Å². The van der Waals surface area contributed by atoms with Crippen LogP contribution < -0.4 is 4.74 Å². The predicted molar refractivity (Wildman–Crippen MR) is 111 cm³/mol. The third-order valence-electron chi connectivity index (χ3n) is 4.27. The summed E-state index contributed by atoms with van der Waals surface area (Å²) in [5, 5.41) is 10.2. The third-order valence-corrected chi connectivity index (χ3v) is 5.65. The van der Waals surface area contributed by atoms with E-state index in [1.165, 1.54) is 11.1 Å². The van der Waals surface area contributed by atoms with Gasteiger partial charge >= 0.3 is 0 Å². The first-order valence-electron chi connectivity index (χ1n) is 8.67. The molecular weight excluding hydrogens is 378 g/mol. The zero-order valence-electron chi connectivity index (χ0n) is 15.5. The van der Waals surface area contributed by atoms with E-state index in [4.69, 9.17) is 16.3 Å². The Morgan fingerprint density at radius 3 is 2.70 bits per heavy atom. The average Bonchev–Trinajstić information content (AvgIpc) is 3.04. The first kappa shape index (κ1) is 19.5. The molecule has 0 amide bonds. The highest BCUT2D eigenvalue weighted by Gasteiger charge is 2.13. The van der Waals surface area contributed by atoms with Crippen LogP contribution in [0.3, 0.4) is 0 Å². The van der Waals surface area contributed by atoms with Gasteiger partial charge in [-0.25, -0.2) is 0 Å². The van der Waals surface area contributed by atoms with Crippen molar-refractivity contribution in [2.45, 2.75) is 37.9 Å². The van der Waals surface area contributed by atoms with Gasteiger partial charge in [0.15, 0.2) is 11.0 Å². The maximum atomic E-state index is 6.25. The maximum Gasteiger partial charge on any atom is 0.191 e. The number of aryl methyl sites for hydroxylation is 2. The monoisotopic (exact) mass is 399 g/mol. The quantitative estimate of drug-likeness (QED) is 0.365. The summed E-state index contributed by atoms with van der Waals surface area (Å²) in [5.41, 5.74) is 3.52. The highest BCUT2D eigenvalue weighted by Crippen LogP contribution is 2.26. The molecule has 0 atom stereocenters. The van der Waals surface area contributed by atoms with Crippen LogP contribution in [0.2, 0.25) is 5.02 Å². The molecule has 3 rings (SSSR count). The van der Waals surface area contributed by atoms with Crippen molar-refractivity contribution in [1.29, 1.82) is 0 Å². The number of aromatic nitrogens is 3. The zero-order chi connectivity index (χ0) is 19.2. The summed E-state index contributed by atoms with van der Waals surface area (Å²) in [7, 11) is 0. The summed E-state index contributed by atoms with van der Waals surface area (Å²) in [6.45, 7) is 8.99. The lowest BCUT2D eigenvalue weighted by molar-refractivity contribution is 0.289. The molecule has 0 aliphatic heterocycles. The first-order chi connectivity index (χ1) is 13.1. The molecule has 0 saturated carbocycles. The lowest BCUT2D eigenvalue weighted by Gasteiger charge is -2.10. The Labute approximate surface area is 169 Å². The van der Waals surface area contributed by atoms with E-state index >= 15 is 0 Å². The third kappa shape index (κ3) is 4.93. The zero-order valence-corrected chi connectivity index (χ0v) is 17.1. The minimum Gasteiger partial charge on any atom is -0.486 e. The SMILES string of the molecule is C=CCn1c(COc2ccc(C)c(C)c2)nnc1SCc1ccccc1Cl. The second-order valence-corrected chi connectivity index (χ2v) is 7.56. The highest BCUT2D eigenvalue weighted by molar-refractivity contribution is 7.98. The summed E-state index contributed by atoms with van der Waals surface area (Å²) < 4.78 is 7.95. The second-order valence-electron chi connectivity index (χ2n) is 6.21.